The first-order chi connectivity index (χ1) is 13.6. The Morgan fingerprint density at radius 3 is 1.46 bits per heavy atom. The van der Waals surface area contributed by atoms with E-state index in [-0.39, 0.29) is 5.78 Å². The number of Topliss-reactive ketones (excluding diaryl/α,β-unsaturated/α-hetero) is 1. The van der Waals surface area contributed by atoms with Gasteiger partial charge in [-0.2, -0.15) is 0 Å². The zero-order chi connectivity index (χ0) is 19.9. The molecule has 0 amide bonds. The van der Waals surface area contributed by atoms with Crippen molar-refractivity contribution in [2.45, 2.75) is 32.6 Å². The van der Waals surface area contributed by atoms with Gasteiger partial charge in [0.05, 0.1) is 0 Å². The van der Waals surface area contributed by atoms with Crippen LogP contribution in [0.5, 0.6) is 0 Å². The normalized spacial score (nSPS) is 12.9. The summed E-state index contributed by atoms with van der Waals surface area (Å²) in [6, 6.07) is 30.6. The molecule has 146 valence electrons. The zero-order valence-corrected chi connectivity index (χ0v) is 18.1. The van der Waals surface area contributed by atoms with Crippen LogP contribution in [0.15, 0.2) is 91.0 Å². The summed E-state index contributed by atoms with van der Waals surface area (Å²) < 4.78 is 0. The number of halogens is 1. The van der Waals surface area contributed by atoms with Gasteiger partial charge in [-0.3, -0.25) is 0 Å². The van der Waals surface area contributed by atoms with Crippen molar-refractivity contribution in [1.82, 2.24) is 0 Å². The molecule has 0 aliphatic rings. The Kier molecular flexibility index (Phi) is 6.70. The molecule has 0 unspecified atom stereocenters. The van der Waals surface area contributed by atoms with Crippen molar-refractivity contribution < 1.29 is 4.79 Å². The van der Waals surface area contributed by atoms with Crippen LogP contribution in [-0.4, -0.2) is 11.9 Å². The van der Waals surface area contributed by atoms with Gasteiger partial charge in [-0.1, -0.05) is 0 Å². The van der Waals surface area contributed by atoms with Gasteiger partial charge in [-0.25, -0.2) is 0 Å². The average Bonchev–Trinajstić information content (AvgIpc) is 2.76. The summed E-state index contributed by atoms with van der Waals surface area (Å²) in [6.45, 7) is 2.16. The van der Waals surface area contributed by atoms with Gasteiger partial charge < -0.3 is 0 Å². The number of carbonyl (C=O) groups excluding carboxylic acids is 1. The maximum absolute atomic E-state index is 13.2. The van der Waals surface area contributed by atoms with E-state index >= 15 is 0 Å². The minimum absolute atomic E-state index is 0.248. The van der Waals surface area contributed by atoms with Crippen LogP contribution >= 0.6 is 17.2 Å². The number of carbonyl (C=O) groups is 1. The molecular formula is C25H28ClOP. The first kappa shape index (κ1) is 20.8. The number of rotatable bonds is 9. The number of hydrogen-bond donors (Lipinski definition) is 0. The third-order valence-corrected chi connectivity index (χ3v) is 12.6. The van der Waals surface area contributed by atoms with E-state index in [1.54, 1.807) is 0 Å². The number of ketones is 1. The molecule has 3 heteroatoms. The molecule has 0 aromatic heterocycles. The van der Waals surface area contributed by atoms with Crippen LogP contribution in [0.1, 0.15) is 32.6 Å². The summed E-state index contributed by atoms with van der Waals surface area (Å²) in [7, 11) is 0. The fraction of sp³-hybridized carbons (Fsp3) is 0.240. The topological polar surface area (TPSA) is 17.1 Å². The molecule has 0 radical (unpaired) electrons. The van der Waals surface area contributed by atoms with E-state index < -0.39 is 5.96 Å². The van der Waals surface area contributed by atoms with Crippen molar-refractivity contribution >= 4 is 38.9 Å². The van der Waals surface area contributed by atoms with Crippen molar-refractivity contribution in [2.24, 2.45) is 0 Å². The fourth-order valence-electron chi connectivity index (χ4n) is 3.92. The first-order valence-electron chi connectivity index (χ1n) is 10.0. The zero-order valence-electron chi connectivity index (χ0n) is 16.4. The van der Waals surface area contributed by atoms with Crippen molar-refractivity contribution in [1.29, 1.82) is 0 Å². The number of benzene rings is 3. The Labute approximate surface area is 173 Å². The molecule has 0 saturated heterocycles. The van der Waals surface area contributed by atoms with Gasteiger partial charge in [0, 0.05) is 0 Å². The second-order valence-electron chi connectivity index (χ2n) is 7.34. The Balaban J connectivity index is 2.23. The van der Waals surface area contributed by atoms with Gasteiger partial charge in [0.2, 0.25) is 0 Å². The Morgan fingerprint density at radius 2 is 1.11 bits per heavy atom. The molecular weight excluding hydrogens is 383 g/mol. The van der Waals surface area contributed by atoms with Crippen LogP contribution in [-0.2, 0) is 4.79 Å². The Morgan fingerprint density at radius 1 is 0.714 bits per heavy atom. The van der Waals surface area contributed by atoms with Crippen LogP contribution in [0, 0.1) is 0 Å². The molecule has 3 aromatic carbocycles. The van der Waals surface area contributed by atoms with E-state index in [1.165, 1.54) is 0 Å². The SMILES string of the molecule is CCCCCC(=O)CP(Cl)(c1ccccc1)(c1ccccc1)c1ccccc1. The second-order valence-corrected chi connectivity index (χ2v) is 13.8. The quantitative estimate of drug-likeness (QED) is 0.321. The molecule has 0 spiro atoms. The van der Waals surface area contributed by atoms with Gasteiger partial charge in [-0.15, -0.1) is 0 Å². The van der Waals surface area contributed by atoms with Crippen molar-refractivity contribution in [2.75, 3.05) is 6.16 Å². The van der Waals surface area contributed by atoms with E-state index in [0.717, 1.165) is 35.2 Å². The van der Waals surface area contributed by atoms with Crippen LogP contribution in [0.2, 0.25) is 0 Å². The van der Waals surface area contributed by atoms with Gasteiger partial charge >= 0.3 is 173 Å². The van der Waals surface area contributed by atoms with Crippen LogP contribution in [0.4, 0.5) is 0 Å². The van der Waals surface area contributed by atoms with Gasteiger partial charge in [0.25, 0.3) is 0 Å². The Hall–Kier alpha value is -1.95. The van der Waals surface area contributed by atoms with Crippen LogP contribution in [0.3, 0.4) is 0 Å². The number of unbranched alkanes of at least 4 members (excludes halogenated alkanes) is 2. The van der Waals surface area contributed by atoms with Crippen molar-refractivity contribution in [3.05, 3.63) is 91.0 Å². The van der Waals surface area contributed by atoms with Gasteiger partial charge in [-0.05, 0) is 0 Å². The fourth-order valence-corrected chi connectivity index (χ4v) is 9.98. The molecule has 0 atom stereocenters. The molecule has 0 aliphatic heterocycles. The molecule has 0 N–H and O–H groups in total. The minimum atomic E-state index is -3.44. The molecule has 1 nitrogen and oxygen atoms in total. The summed E-state index contributed by atoms with van der Waals surface area (Å²) in [6.07, 6.45) is 4.05. The van der Waals surface area contributed by atoms with Crippen molar-refractivity contribution in [3.8, 4) is 0 Å². The van der Waals surface area contributed by atoms with E-state index in [0.29, 0.717) is 12.6 Å². The second kappa shape index (κ2) is 9.03. The monoisotopic (exact) mass is 410 g/mol. The predicted octanol–water partition coefficient (Wildman–Crippen LogP) is 5.82. The standard InChI is InChI=1S/C25H28ClOP/c1-2-3-7-14-22(27)21-28(26,23-15-8-4-9-16-23,24-17-10-5-11-18-24)25-19-12-6-13-20-25/h4-6,8-13,15-20H,2-3,7,14,21H2,1H3. The third kappa shape index (κ3) is 3.93. The average molecular weight is 411 g/mol. The molecule has 0 saturated carbocycles. The molecule has 0 fully saturated rings. The van der Waals surface area contributed by atoms with E-state index in [9.17, 15) is 4.79 Å². The van der Waals surface area contributed by atoms with Crippen LogP contribution in [0.25, 0.3) is 0 Å². The van der Waals surface area contributed by atoms with E-state index in [1.807, 2.05) is 54.6 Å². The molecule has 28 heavy (non-hydrogen) atoms. The van der Waals surface area contributed by atoms with Crippen molar-refractivity contribution in [3.63, 3.8) is 0 Å². The molecule has 0 bridgehead atoms. The first-order valence-corrected chi connectivity index (χ1v) is 13.3. The van der Waals surface area contributed by atoms with Crippen LogP contribution < -0.4 is 15.9 Å². The summed E-state index contributed by atoms with van der Waals surface area (Å²) in [5, 5.41) is 3.16. The maximum atomic E-state index is 13.2. The summed E-state index contributed by atoms with van der Waals surface area (Å²) >= 11 is 7.89. The van der Waals surface area contributed by atoms with Gasteiger partial charge in [0.15, 0.2) is 0 Å². The predicted molar refractivity (Wildman–Crippen MR) is 125 cm³/mol. The number of hydrogen-bond acceptors (Lipinski definition) is 1. The molecule has 0 heterocycles. The molecule has 3 rings (SSSR count). The summed E-state index contributed by atoms with van der Waals surface area (Å²) in [5.41, 5.74) is 0. The molecule has 0 aliphatic carbocycles. The van der Waals surface area contributed by atoms with E-state index in [2.05, 4.69) is 43.3 Å². The molecule has 3 aromatic rings. The summed E-state index contributed by atoms with van der Waals surface area (Å²) in [5.74, 6) is -3.19. The Bertz CT molecular complexity index is 794. The van der Waals surface area contributed by atoms with E-state index in [4.69, 9.17) is 11.2 Å². The third-order valence-electron chi connectivity index (χ3n) is 5.42. The summed E-state index contributed by atoms with van der Waals surface area (Å²) in [4.78, 5) is 13.2. The van der Waals surface area contributed by atoms with Gasteiger partial charge in [0.1, 0.15) is 0 Å².